The van der Waals surface area contributed by atoms with Crippen molar-refractivity contribution in [2.45, 2.75) is 32.4 Å². The van der Waals surface area contributed by atoms with Crippen molar-refractivity contribution in [3.63, 3.8) is 0 Å². The van der Waals surface area contributed by atoms with Crippen LogP contribution in [0.4, 0.5) is 5.82 Å². The van der Waals surface area contributed by atoms with Gasteiger partial charge in [-0.2, -0.15) is 5.10 Å². The van der Waals surface area contributed by atoms with Crippen molar-refractivity contribution in [3.05, 3.63) is 84.2 Å². The fourth-order valence-electron chi connectivity index (χ4n) is 5.88. The number of aromatic nitrogens is 3. The lowest BCUT2D eigenvalue weighted by Crippen LogP contribution is -2.25. The summed E-state index contributed by atoms with van der Waals surface area (Å²) in [7, 11) is 1.74. The van der Waals surface area contributed by atoms with Gasteiger partial charge in [-0.05, 0) is 60.2 Å². The maximum atomic E-state index is 12.2. The van der Waals surface area contributed by atoms with Crippen molar-refractivity contribution >= 4 is 33.5 Å². The minimum absolute atomic E-state index is 0.155. The van der Waals surface area contributed by atoms with Crippen LogP contribution < -0.4 is 10.5 Å². The molecule has 0 saturated carbocycles. The first kappa shape index (κ1) is 28.6. The van der Waals surface area contributed by atoms with E-state index in [0.717, 1.165) is 70.1 Å². The normalized spacial score (nSPS) is 15.3. The van der Waals surface area contributed by atoms with E-state index in [2.05, 4.69) is 51.0 Å². The number of hydrogen-bond donors (Lipinski definition) is 1. The van der Waals surface area contributed by atoms with Crippen LogP contribution in [0.1, 0.15) is 30.6 Å². The summed E-state index contributed by atoms with van der Waals surface area (Å²) in [6.45, 7) is 5.96. The fourth-order valence-corrected chi connectivity index (χ4v) is 5.88. The molecule has 0 amide bonds. The molecule has 1 aliphatic rings. The van der Waals surface area contributed by atoms with Gasteiger partial charge >= 0.3 is 5.97 Å². The van der Waals surface area contributed by atoms with Crippen molar-refractivity contribution in [1.82, 2.24) is 19.7 Å². The maximum absolute atomic E-state index is 12.2. The molecule has 1 fully saturated rings. The molecule has 2 aromatic heterocycles. The lowest BCUT2D eigenvalue weighted by atomic mass is 10.00. The summed E-state index contributed by atoms with van der Waals surface area (Å²) in [5.74, 6) is 0.894. The lowest BCUT2D eigenvalue weighted by molar-refractivity contribution is -0.142. The summed E-state index contributed by atoms with van der Waals surface area (Å²) in [5.41, 5.74) is 11.0. The minimum Gasteiger partial charge on any atom is -0.487 e. The molecule has 5 aromatic rings. The highest BCUT2D eigenvalue weighted by Gasteiger charge is 2.27. The second-order valence-corrected chi connectivity index (χ2v) is 10.9. The third-order valence-electron chi connectivity index (χ3n) is 8.10. The number of para-hydroxylation sites is 1. The molecule has 222 valence electrons. The molecular weight excluding hydrogens is 542 g/mol. The number of rotatable bonds is 11. The van der Waals surface area contributed by atoms with E-state index in [-0.39, 0.29) is 25.0 Å². The molecule has 9 nitrogen and oxygen atoms in total. The monoisotopic (exact) mass is 579 g/mol. The van der Waals surface area contributed by atoms with Gasteiger partial charge < -0.3 is 19.9 Å². The molecule has 1 aliphatic heterocycles. The molecule has 0 bridgehead atoms. The third kappa shape index (κ3) is 6.18. The molecule has 2 N–H and O–H groups in total. The zero-order valence-corrected chi connectivity index (χ0v) is 24.7. The fraction of sp³-hybridized carbons (Fsp3) is 0.324. The van der Waals surface area contributed by atoms with Crippen LogP contribution in [-0.2, 0) is 27.3 Å². The molecule has 43 heavy (non-hydrogen) atoms. The average molecular weight is 580 g/mol. The van der Waals surface area contributed by atoms with Crippen LogP contribution in [-0.4, -0.2) is 65.6 Å². The average Bonchev–Trinajstić information content (AvgIpc) is 3.64. The van der Waals surface area contributed by atoms with Crippen molar-refractivity contribution in [3.8, 4) is 16.9 Å². The van der Waals surface area contributed by atoms with E-state index in [1.165, 1.54) is 0 Å². The number of carbonyl (C=O) groups is 1. The number of benzene rings is 3. The quantitative estimate of drug-likeness (QED) is 0.207. The predicted molar refractivity (Wildman–Crippen MR) is 168 cm³/mol. The Kier molecular flexibility index (Phi) is 8.53. The molecular formula is C34H37N5O4. The SMILES string of the molecule is CCOC(=O)Cc1ccccc1OCc1nn(C2CCN(CCOC)C2)c2ccc(-c3ccc4ccnc(N)c4c3)cc12. The van der Waals surface area contributed by atoms with E-state index >= 15 is 0 Å². The molecule has 3 heterocycles. The number of hydrogen-bond acceptors (Lipinski definition) is 8. The minimum atomic E-state index is -0.275. The van der Waals surface area contributed by atoms with Gasteiger partial charge in [0.25, 0.3) is 0 Å². The van der Waals surface area contributed by atoms with E-state index in [0.29, 0.717) is 24.8 Å². The number of nitrogens with two attached hydrogens (primary N) is 1. The number of methoxy groups -OCH3 is 1. The highest BCUT2D eigenvalue weighted by Crippen LogP contribution is 2.33. The van der Waals surface area contributed by atoms with E-state index in [4.69, 9.17) is 25.0 Å². The van der Waals surface area contributed by atoms with Gasteiger partial charge in [0.2, 0.25) is 0 Å². The van der Waals surface area contributed by atoms with Gasteiger partial charge in [-0.15, -0.1) is 0 Å². The van der Waals surface area contributed by atoms with Crippen LogP contribution in [0, 0.1) is 0 Å². The van der Waals surface area contributed by atoms with E-state index in [1.54, 1.807) is 20.2 Å². The Morgan fingerprint density at radius 2 is 1.86 bits per heavy atom. The summed E-state index contributed by atoms with van der Waals surface area (Å²) in [6, 6.07) is 22.6. The van der Waals surface area contributed by atoms with Gasteiger partial charge in [0.15, 0.2) is 0 Å². The van der Waals surface area contributed by atoms with E-state index in [1.807, 2.05) is 30.3 Å². The zero-order chi connectivity index (χ0) is 29.8. The maximum Gasteiger partial charge on any atom is 0.310 e. The molecule has 3 aromatic carbocycles. The van der Waals surface area contributed by atoms with Crippen molar-refractivity contribution in [2.75, 3.05) is 45.7 Å². The van der Waals surface area contributed by atoms with Crippen LogP contribution >= 0.6 is 0 Å². The Bertz CT molecular complexity index is 1750. The van der Waals surface area contributed by atoms with Gasteiger partial charge in [-0.1, -0.05) is 36.4 Å². The van der Waals surface area contributed by atoms with Crippen molar-refractivity contribution in [2.24, 2.45) is 0 Å². The Labute approximate surface area is 251 Å². The Morgan fingerprint density at radius 3 is 2.70 bits per heavy atom. The molecule has 1 unspecified atom stereocenters. The van der Waals surface area contributed by atoms with Crippen molar-refractivity contribution in [1.29, 1.82) is 0 Å². The number of nitrogen functional groups attached to an aromatic ring is 1. The predicted octanol–water partition coefficient (Wildman–Crippen LogP) is 5.41. The molecule has 1 saturated heterocycles. The first-order valence-corrected chi connectivity index (χ1v) is 14.8. The van der Waals surface area contributed by atoms with Crippen LogP contribution in [0.25, 0.3) is 32.8 Å². The molecule has 6 rings (SSSR count). The Balaban J connectivity index is 1.35. The summed E-state index contributed by atoms with van der Waals surface area (Å²) in [5, 5.41) is 8.15. The smallest absolute Gasteiger partial charge is 0.310 e. The van der Waals surface area contributed by atoms with Crippen LogP contribution in [0.3, 0.4) is 0 Å². The van der Waals surface area contributed by atoms with Gasteiger partial charge in [-0.25, -0.2) is 4.98 Å². The third-order valence-corrected chi connectivity index (χ3v) is 8.10. The van der Waals surface area contributed by atoms with Gasteiger partial charge in [0.05, 0.1) is 31.2 Å². The summed E-state index contributed by atoms with van der Waals surface area (Å²) in [6.07, 6.45) is 2.90. The summed E-state index contributed by atoms with van der Waals surface area (Å²) < 4.78 is 19.0. The largest absolute Gasteiger partial charge is 0.487 e. The number of carbonyl (C=O) groups excluding carboxylic acids is 1. The zero-order valence-electron chi connectivity index (χ0n) is 24.7. The number of ether oxygens (including phenoxy) is 3. The highest BCUT2D eigenvalue weighted by molar-refractivity contribution is 5.95. The van der Waals surface area contributed by atoms with Crippen LogP contribution in [0.15, 0.2) is 72.9 Å². The number of pyridine rings is 1. The number of anilines is 1. The Hall–Kier alpha value is -4.47. The standard InChI is InChI=1S/C34H37N5O4/c1-3-42-33(40)20-26-6-4-5-7-32(26)43-22-30-29-19-25(24-9-8-23-12-14-36-34(35)28(23)18-24)10-11-31(29)39(37-30)27-13-15-38(21-27)16-17-41-2/h4-12,14,18-19,27H,3,13,15-17,20-22H2,1-2H3,(H2,35,36). The molecule has 0 aliphatic carbocycles. The molecule has 9 heteroatoms. The van der Waals surface area contributed by atoms with E-state index < -0.39 is 0 Å². The Morgan fingerprint density at radius 1 is 1.05 bits per heavy atom. The molecule has 0 radical (unpaired) electrons. The van der Waals surface area contributed by atoms with Gasteiger partial charge in [-0.3, -0.25) is 14.4 Å². The van der Waals surface area contributed by atoms with Crippen LogP contribution in [0.5, 0.6) is 5.75 Å². The van der Waals surface area contributed by atoms with Gasteiger partial charge in [0, 0.05) is 49.3 Å². The van der Waals surface area contributed by atoms with Crippen molar-refractivity contribution < 1.29 is 19.0 Å². The molecule has 1 atom stereocenters. The second kappa shape index (κ2) is 12.8. The number of fused-ring (bicyclic) bond motifs is 2. The first-order valence-electron chi connectivity index (χ1n) is 14.8. The number of esters is 1. The van der Waals surface area contributed by atoms with E-state index in [9.17, 15) is 4.79 Å². The molecule has 0 spiro atoms. The summed E-state index contributed by atoms with van der Waals surface area (Å²) >= 11 is 0. The van der Waals surface area contributed by atoms with Crippen LogP contribution in [0.2, 0.25) is 0 Å². The highest BCUT2D eigenvalue weighted by atomic mass is 16.5. The number of likely N-dealkylation sites (tertiary alicyclic amines) is 1. The van der Waals surface area contributed by atoms with Gasteiger partial charge in [0.1, 0.15) is 23.9 Å². The topological polar surface area (TPSA) is 105 Å². The number of nitrogens with zero attached hydrogens (tertiary/aromatic N) is 4. The lowest BCUT2D eigenvalue weighted by Gasteiger charge is -2.16. The second-order valence-electron chi connectivity index (χ2n) is 10.9. The summed E-state index contributed by atoms with van der Waals surface area (Å²) in [4.78, 5) is 18.9. The first-order chi connectivity index (χ1) is 21.0.